The topological polar surface area (TPSA) is 28.1 Å². The zero-order valence-electron chi connectivity index (χ0n) is 31.4. The second-order valence-electron chi connectivity index (χ2n) is 19.2. The lowest BCUT2D eigenvalue weighted by molar-refractivity contribution is 0.662. The average molecular weight is 745 g/mol. The summed E-state index contributed by atoms with van der Waals surface area (Å²) in [5.41, 5.74) is 8.77. The highest BCUT2D eigenvalue weighted by atomic mass is 14.7. The highest BCUT2D eigenvalue weighted by molar-refractivity contribution is 6.69. The first kappa shape index (κ1) is 27.0. The van der Waals surface area contributed by atoms with E-state index in [9.17, 15) is 5.26 Å². The largest absolute Gasteiger partial charge is 0.270 e. The summed E-state index contributed by atoms with van der Waals surface area (Å²) in [5, 5.41) is 52.4. The SMILES string of the molecule is [C-]#[N+]C(C#N)=C1c2ccccc2C(C2C3c4c5ccc6c7ccc8c9ccc%10c%11ccc%12c(c%13c4c4c5c6c5c7c8c6c9c%10c7c%11c%12c%13c8c4c5c6c78)C32)c2ccccc21. The minimum atomic E-state index is 0.126. The molecule has 3 aliphatic rings. The molecule has 2 nitrogen and oxygen atoms in total. The van der Waals surface area contributed by atoms with Gasteiger partial charge in [-0.15, -0.1) is 0 Å². The summed E-state index contributed by atoms with van der Waals surface area (Å²) in [6.45, 7) is 8.08. The number of nitriles is 1. The number of hydrogen-bond acceptors (Lipinski definition) is 1. The predicted molar refractivity (Wildman–Crippen MR) is 248 cm³/mol. The van der Waals surface area contributed by atoms with Crippen molar-refractivity contribution < 1.29 is 0 Å². The van der Waals surface area contributed by atoms with Crippen molar-refractivity contribution in [2.75, 3.05) is 0 Å². The lowest BCUT2D eigenvalue weighted by Gasteiger charge is -2.31. The van der Waals surface area contributed by atoms with E-state index in [2.05, 4.69) is 108 Å². The maximum absolute atomic E-state index is 10.3. The van der Waals surface area contributed by atoms with Crippen LogP contribution in [0, 0.1) is 23.8 Å². The van der Waals surface area contributed by atoms with Crippen LogP contribution in [0.2, 0.25) is 0 Å². The van der Waals surface area contributed by atoms with Crippen molar-refractivity contribution in [3.63, 3.8) is 0 Å². The smallest absolute Gasteiger partial charge is 0.226 e. The molecule has 3 aliphatic carbocycles. The molecular weight excluding hydrogens is 725 g/mol. The fraction of sp³-hybridized carbons (Fsp3) is 0.0690. The maximum Gasteiger partial charge on any atom is 0.270 e. The molecule has 2 unspecified atom stereocenters. The van der Waals surface area contributed by atoms with Gasteiger partial charge in [0, 0.05) is 11.5 Å². The van der Waals surface area contributed by atoms with Gasteiger partial charge < -0.3 is 0 Å². The fourth-order valence-corrected chi connectivity index (χ4v) is 16.4. The number of benzene rings is 11. The summed E-state index contributed by atoms with van der Waals surface area (Å²) < 4.78 is 0. The van der Waals surface area contributed by atoms with E-state index in [1.807, 2.05) is 0 Å². The fourth-order valence-electron chi connectivity index (χ4n) is 16.4. The van der Waals surface area contributed by atoms with E-state index >= 15 is 0 Å². The summed E-state index contributed by atoms with van der Waals surface area (Å²) in [6, 6.07) is 39.7. The van der Waals surface area contributed by atoms with E-state index in [-0.39, 0.29) is 11.6 Å². The first-order valence-electron chi connectivity index (χ1n) is 21.5. The average Bonchev–Trinajstić information content (AvgIpc) is 3.82. The van der Waals surface area contributed by atoms with E-state index in [1.165, 1.54) is 113 Å². The molecule has 0 bridgehead atoms. The predicted octanol–water partition coefficient (Wildman–Crippen LogP) is 15.2. The van der Waals surface area contributed by atoms with Gasteiger partial charge in [0.15, 0.2) is 0 Å². The molecule has 2 heteroatoms. The molecule has 17 aromatic carbocycles. The monoisotopic (exact) mass is 744 g/mol. The Bertz CT molecular complexity index is 4660. The van der Waals surface area contributed by atoms with Gasteiger partial charge in [-0.3, -0.25) is 0 Å². The third-order valence-corrected chi connectivity index (χ3v) is 17.8. The van der Waals surface area contributed by atoms with Crippen LogP contribution in [0.25, 0.3) is 161 Å². The molecule has 1 fully saturated rings. The zero-order chi connectivity index (χ0) is 37.8. The standard InChI is InChI=1S/C58H20N2/c1-60-31(18-59)32-19-6-2-4-8-21(19)33(22-9-5-3-7-20(22)32)44-50-42-29-16-14-27-25-12-10-23-24-11-13-26-28-15-17-30-41-39(28)47-37(26)35(24)45-34(23)36(25)46-38(27)40(29)48-52(42)53(43(30)51(44)50)49(41)58-56(47)54(45)55(46)57(48)58/h2-17,33,44,50-51H. The molecule has 0 radical (unpaired) electrons. The molecule has 20 rings (SSSR count). The van der Waals surface area contributed by atoms with Crippen LogP contribution >= 0.6 is 0 Å². The molecule has 2 atom stereocenters. The Balaban J connectivity index is 1.06. The number of fused-ring (bicyclic) bond motifs is 10. The second kappa shape index (κ2) is 7.62. The second-order valence-corrected chi connectivity index (χ2v) is 19.2. The molecule has 0 aliphatic heterocycles. The van der Waals surface area contributed by atoms with Crippen LogP contribution < -0.4 is 0 Å². The summed E-state index contributed by atoms with van der Waals surface area (Å²) in [4.78, 5) is 3.81. The van der Waals surface area contributed by atoms with Gasteiger partial charge in [0.25, 0.3) is 5.70 Å². The zero-order valence-corrected chi connectivity index (χ0v) is 31.4. The molecule has 0 saturated heterocycles. The Kier molecular flexibility index (Phi) is 3.43. The third kappa shape index (κ3) is 2.11. The molecule has 0 aromatic heterocycles. The van der Waals surface area contributed by atoms with Crippen molar-refractivity contribution in [1.29, 1.82) is 5.26 Å². The third-order valence-electron chi connectivity index (χ3n) is 17.8. The Morgan fingerprint density at radius 2 is 0.717 bits per heavy atom. The van der Waals surface area contributed by atoms with Crippen LogP contribution in [0.3, 0.4) is 0 Å². The Morgan fingerprint density at radius 3 is 1.08 bits per heavy atom. The van der Waals surface area contributed by atoms with E-state index in [0.29, 0.717) is 17.8 Å². The first-order chi connectivity index (χ1) is 29.8. The van der Waals surface area contributed by atoms with Crippen molar-refractivity contribution in [1.82, 2.24) is 0 Å². The van der Waals surface area contributed by atoms with Crippen molar-refractivity contribution in [3.05, 3.63) is 148 Å². The molecule has 1 saturated carbocycles. The summed E-state index contributed by atoms with van der Waals surface area (Å²) >= 11 is 0. The van der Waals surface area contributed by atoms with Crippen LogP contribution in [-0.2, 0) is 0 Å². The molecule has 0 heterocycles. The minimum absolute atomic E-state index is 0.126. The van der Waals surface area contributed by atoms with E-state index in [4.69, 9.17) is 6.57 Å². The summed E-state index contributed by atoms with van der Waals surface area (Å²) in [5.74, 6) is 1.15. The van der Waals surface area contributed by atoms with E-state index in [1.54, 1.807) is 59.6 Å². The lowest BCUT2D eigenvalue weighted by Crippen LogP contribution is -2.16. The van der Waals surface area contributed by atoms with E-state index < -0.39 is 0 Å². The molecule has 60 heavy (non-hydrogen) atoms. The van der Waals surface area contributed by atoms with Crippen LogP contribution in [0.15, 0.2) is 103 Å². The van der Waals surface area contributed by atoms with Crippen LogP contribution in [0.1, 0.15) is 51.1 Å². The van der Waals surface area contributed by atoms with Crippen molar-refractivity contribution in [2.24, 2.45) is 5.92 Å². The van der Waals surface area contributed by atoms with Gasteiger partial charge in [0.2, 0.25) is 0 Å². The first-order valence-corrected chi connectivity index (χ1v) is 21.5. The molecule has 0 amide bonds. The van der Waals surface area contributed by atoms with Crippen LogP contribution in [0.4, 0.5) is 0 Å². The Labute approximate surface area is 337 Å². The summed E-state index contributed by atoms with van der Waals surface area (Å²) in [7, 11) is 0. The van der Waals surface area contributed by atoms with Crippen LogP contribution in [0.5, 0.6) is 0 Å². The summed E-state index contributed by atoms with van der Waals surface area (Å²) in [6.07, 6.45) is 0. The molecule has 0 spiro atoms. The highest BCUT2D eigenvalue weighted by Crippen LogP contribution is 2.78. The molecule has 0 N–H and O–H groups in total. The lowest BCUT2D eigenvalue weighted by atomic mass is 9.72. The van der Waals surface area contributed by atoms with Crippen molar-refractivity contribution in [2.45, 2.75) is 17.8 Å². The highest BCUT2D eigenvalue weighted by Gasteiger charge is 2.62. The molecular formula is C58H20N2. The van der Waals surface area contributed by atoms with Gasteiger partial charge in [-0.1, -0.05) is 97.1 Å². The quantitative estimate of drug-likeness (QED) is 0.0934. The van der Waals surface area contributed by atoms with E-state index in [0.717, 1.165) is 16.7 Å². The van der Waals surface area contributed by atoms with Crippen molar-refractivity contribution >= 4 is 156 Å². The Hall–Kier alpha value is -7.78. The number of allylic oxidation sites excluding steroid dienone is 1. The number of hydrogen-bond donors (Lipinski definition) is 0. The Morgan fingerprint density at radius 1 is 0.400 bits per heavy atom. The van der Waals surface area contributed by atoms with Gasteiger partial charge in [0.05, 0.1) is 12.6 Å². The normalized spacial score (nSPS) is 20.6. The van der Waals surface area contributed by atoms with Gasteiger partial charge in [-0.25, -0.2) is 10.1 Å². The molecule has 262 valence electrons. The van der Waals surface area contributed by atoms with Gasteiger partial charge in [-0.05, 0) is 202 Å². The number of rotatable bonds is 1. The van der Waals surface area contributed by atoms with Crippen molar-refractivity contribution in [3.8, 4) is 6.07 Å². The van der Waals surface area contributed by atoms with Crippen LogP contribution in [-0.4, -0.2) is 0 Å². The number of nitrogens with zero attached hydrogens (tertiary/aromatic N) is 2. The van der Waals surface area contributed by atoms with Gasteiger partial charge in [-0.2, -0.15) is 0 Å². The minimum Gasteiger partial charge on any atom is -0.226 e. The van der Waals surface area contributed by atoms with Gasteiger partial charge in [0.1, 0.15) is 0 Å². The maximum atomic E-state index is 10.3. The van der Waals surface area contributed by atoms with Gasteiger partial charge >= 0.3 is 0 Å². The molecule has 17 aromatic rings.